The molecule has 1 amide bonds. The summed E-state index contributed by atoms with van der Waals surface area (Å²) in [5.41, 5.74) is 4.16. The highest BCUT2D eigenvalue weighted by atomic mass is 79.9. The van der Waals surface area contributed by atoms with E-state index in [9.17, 15) is 9.59 Å². The average Bonchev–Trinajstić information content (AvgIpc) is 2.76. The predicted octanol–water partition coefficient (Wildman–Crippen LogP) is 3.51. The summed E-state index contributed by atoms with van der Waals surface area (Å²) in [7, 11) is 1.76. The summed E-state index contributed by atoms with van der Waals surface area (Å²) in [6, 6.07) is 11.0. The monoisotopic (exact) mass is 343 g/mol. The maximum atomic E-state index is 12.6. The fourth-order valence-corrected chi connectivity index (χ4v) is 2.89. The molecule has 0 bridgehead atoms. The normalized spacial score (nSPS) is 13.5. The third-order valence-electron chi connectivity index (χ3n) is 3.85. The highest BCUT2D eigenvalue weighted by Crippen LogP contribution is 2.29. The van der Waals surface area contributed by atoms with Crippen LogP contribution in [0, 0.1) is 6.92 Å². The summed E-state index contributed by atoms with van der Waals surface area (Å²) in [5, 5.41) is 0. The number of rotatable bonds is 2. The van der Waals surface area contributed by atoms with E-state index in [1.165, 1.54) is 0 Å². The number of likely N-dealkylation sites (N-methyl/N-ethyl adjacent to an activating group) is 1. The highest BCUT2D eigenvalue weighted by molar-refractivity contribution is 9.10. The lowest BCUT2D eigenvalue weighted by molar-refractivity contribution is -0.117. The van der Waals surface area contributed by atoms with Gasteiger partial charge in [-0.3, -0.25) is 9.59 Å². The van der Waals surface area contributed by atoms with Gasteiger partial charge in [0, 0.05) is 28.3 Å². The van der Waals surface area contributed by atoms with Crippen LogP contribution in [0.2, 0.25) is 0 Å². The van der Waals surface area contributed by atoms with Gasteiger partial charge in [-0.05, 0) is 42.3 Å². The van der Waals surface area contributed by atoms with Crippen molar-refractivity contribution in [3.8, 4) is 0 Å². The molecule has 0 atom stereocenters. The second-order valence-electron chi connectivity index (χ2n) is 5.27. The number of anilines is 1. The van der Waals surface area contributed by atoms with Gasteiger partial charge in [0.05, 0.1) is 6.42 Å². The van der Waals surface area contributed by atoms with Crippen LogP contribution in [0.15, 0.2) is 40.9 Å². The minimum Gasteiger partial charge on any atom is -0.315 e. The largest absolute Gasteiger partial charge is 0.315 e. The van der Waals surface area contributed by atoms with Gasteiger partial charge in [-0.1, -0.05) is 28.1 Å². The Morgan fingerprint density at radius 3 is 2.52 bits per heavy atom. The second kappa shape index (κ2) is 5.11. The van der Waals surface area contributed by atoms with Gasteiger partial charge < -0.3 is 4.90 Å². The Balaban J connectivity index is 1.98. The Morgan fingerprint density at radius 1 is 1.14 bits per heavy atom. The molecule has 0 saturated carbocycles. The molecule has 3 nitrogen and oxygen atoms in total. The van der Waals surface area contributed by atoms with E-state index in [4.69, 9.17) is 0 Å². The number of hydrogen-bond donors (Lipinski definition) is 0. The smallest absolute Gasteiger partial charge is 0.231 e. The lowest BCUT2D eigenvalue weighted by Crippen LogP contribution is -2.20. The first-order valence-corrected chi connectivity index (χ1v) is 7.47. The maximum absolute atomic E-state index is 12.6. The Bertz CT molecular complexity index is 767. The van der Waals surface area contributed by atoms with Crippen molar-refractivity contribution in [1.29, 1.82) is 0 Å². The molecular formula is C17H14BrNO2. The number of fused-ring (bicyclic) bond motifs is 1. The van der Waals surface area contributed by atoms with Crippen molar-refractivity contribution in [2.24, 2.45) is 0 Å². The van der Waals surface area contributed by atoms with Crippen LogP contribution in [0.5, 0.6) is 0 Å². The minimum absolute atomic E-state index is 0.0273. The van der Waals surface area contributed by atoms with E-state index < -0.39 is 0 Å². The summed E-state index contributed by atoms with van der Waals surface area (Å²) < 4.78 is 0.921. The summed E-state index contributed by atoms with van der Waals surface area (Å²) in [5.74, 6) is 0.0354. The molecule has 0 fully saturated rings. The topological polar surface area (TPSA) is 37.4 Å². The van der Waals surface area contributed by atoms with E-state index in [2.05, 4.69) is 15.9 Å². The van der Waals surface area contributed by atoms with E-state index in [1.807, 2.05) is 37.3 Å². The van der Waals surface area contributed by atoms with Crippen LogP contribution in [0.25, 0.3) is 0 Å². The van der Waals surface area contributed by atoms with Crippen molar-refractivity contribution < 1.29 is 9.59 Å². The van der Waals surface area contributed by atoms with Crippen LogP contribution in [0.4, 0.5) is 5.69 Å². The molecular weight excluding hydrogens is 330 g/mol. The molecule has 2 aromatic rings. The van der Waals surface area contributed by atoms with Crippen LogP contribution in [0.1, 0.15) is 27.0 Å². The number of benzene rings is 2. The Hall–Kier alpha value is -1.94. The van der Waals surface area contributed by atoms with Crippen molar-refractivity contribution in [3.05, 3.63) is 63.1 Å². The van der Waals surface area contributed by atoms with Gasteiger partial charge in [0.15, 0.2) is 5.78 Å². The lowest BCUT2D eigenvalue weighted by Gasteiger charge is -2.10. The molecule has 106 valence electrons. The molecule has 4 heteroatoms. The zero-order valence-corrected chi connectivity index (χ0v) is 13.4. The molecule has 0 saturated heterocycles. The van der Waals surface area contributed by atoms with Crippen LogP contribution in [-0.2, 0) is 11.2 Å². The summed E-state index contributed by atoms with van der Waals surface area (Å²) in [6.07, 6.45) is 0.366. The first-order valence-electron chi connectivity index (χ1n) is 6.67. The molecule has 0 aliphatic carbocycles. The minimum atomic E-state index is -0.0273. The molecule has 0 spiro atoms. The van der Waals surface area contributed by atoms with Crippen molar-refractivity contribution in [1.82, 2.24) is 0 Å². The number of carbonyl (C=O) groups is 2. The summed E-state index contributed by atoms with van der Waals surface area (Å²) in [4.78, 5) is 25.9. The van der Waals surface area contributed by atoms with E-state index >= 15 is 0 Å². The molecule has 1 aliphatic heterocycles. The van der Waals surface area contributed by atoms with Gasteiger partial charge in [-0.2, -0.15) is 0 Å². The molecule has 3 rings (SSSR count). The number of ketones is 1. The van der Waals surface area contributed by atoms with E-state index in [0.717, 1.165) is 21.3 Å². The Kier molecular flexibility index (Phi) is 3.41. The predicted molar refractivity (Wildman–Crippen MR) is 85.9 cm³/mol. The van der Waals surface area contributed by atoms with Gasteiger partial charge in [0.2, 0.25) is 5.91 Å². The lowest BCUT2D eigenvalue weighted by atomic mass is 9.99. The highest BCUT2D eigenvalue weighted by Gasteiger charge is 2.25. The number of carbonyl (C=O) groups excluding carboxylic acids is 2. The van der Waals surface area contributed by atoms with Crippen molar-refractivity contribution in [2.45, 2.75) is 13.3 Å². The number of hydrogen-bond acceptors (Lipinski definition) is 2. The maximum Gasteiger partial charge on any atom is 0.231 e. The molecule has 0 aromatic heterocycles. The fourth-order valence-electron chi connectivity index (χ4n) is 2.51. The molecule has 21 heavy (non-hydrogen) atoms. The van der Waals surface area contributed by atoms with Gasteiger partial charge in [-0.15, -0.1) is 0 Å². The van der Waals surface area contributed by atoms with Crippen LogP contribution in [-0.4, -0.2) is 18.7 Å². The summed E-state index contributed by atoms with van der Waals surface area (Å²) in [6.45, 7) is 1.98. The quantitative estimate of drug-likeness (QED) is 0.782. The third-order valence-corrected chi connectivity index (χ3v) is 4.71. The summed E-state index contributed by atoms with van der Waals surface area (Å²) >= 11 is 3.45. The number of amides is 1. The number of nitrogens with zero attached hydrogens (tertiary/aromatic N) is 1. The fraction of sp³-hybridized carbons (Fsp3) is 0.176. The van der Waals surface area contributed by atoms with E-state index in [1.54, 1.807) is 18.0 Å². The SMILES string of the molecule is Cc1ccc(C(=O)c2ccc3c(c2)CC(=O)N3C)cc1Br. The van der Waals surface area contributed by atoms with Gasteiger partial charge in [0.1, 0.15) is 0 Å². The number of aryl methyl sites for hydroxylation is 1. The van der Waals surface area contributed by atoms with Crippen LogP contribution in [0.3, 0.4) is 0 Å². The Labute approximate surface area is 131 Å². The second-order valence-corrected chi connectivity index (χ2v) is 6.12. The zero-order valence-electron chi connectivity index (χ0n) is 11.8. The van der Waals surface area contributed by atoms with Crippen LogP contribution < -0.4 is 4.90 Å². The first kappa shape index (κ1) is 14.0. The van der Waals surface area contributed by atoms with Gasteiger partial charge in [-0.25, -0.2) is 0 Å². The van der Waals surface area contributed by atoms with Crippen molar-refractivity contribution >= 4 is 33.3 Å². The molecule has 0 radical (unpaired) electrons. The molecule has 1 heterocycles. The van der Waals surface area contributed by atoms with Crippen molar-refractivity contribution in [2.75, 3.05) is 11.9 Å². The van der Waals surface area contributed by atoms with Gasteiger partial charge in [0.25, 0.3) is 0 Å². The molecule has 0 N–H and O–H groups in total. The van der Waals surface area contributed by atoms with Crippen molar-refractivity contribution in [3.63, 3.8) is 0 Å². The first-order chi connectivity index (χ1) is 9.97. The van der Waals surface area contributed by atoms with E-state index in [0.29, 0.717) is 17.5 Å². The van der Waals surface area contributed by atoms with Crippen LogP contribution >= 0.6 is 15.9 Å². The standard InChI is InChI=1S/C17H14BrNO2/c1-10-3-4-12(8-14(10)18)17(21)11-5-6-15-13(7-11)9-16(20)19(15)2/h3-8H,9H2,1-2H3. The van der Waals surface area contributed by atoms with Gasteiger partial charge >= 0.3 is 0 Å². The van der Waals surface area contributed by atoms with E-state index in [-0.39, 0.29) is 11.7 Å². The average molecular weight is 344 g/mol. The molecule has 2 aromatic carbocycles. The third kappa shape index (κ3) is 2.40. The Morgan fingerprint density at radius 2 is 1.81 bits per heavy atom. The number of halogens is 1. The molecule has 1 aliphatic rings. The zero-order chi connectivity index (χ0) is 15.1. The molecule has 0 unspecified atom stereocenters.